The Morgan fingerprint density at radius 2 is 1.84 bits per heavy atom. The van der Waals surface area contributed by atoms with Crippen LogP contribution in [0.3, 0.4) is 0 Å². The minimum atomic E-state index is -1.11. The average molecular weight is 459 g/mol. The first kappa shape index (κ1) is 27.2. The zero-order valence-electron chi connectivity index (χ0n) is 19.2. The summed E-state index contributed by atoms with van der Waals surface area (Å²) in [5, 5.41) is 14.6. The lowest BCUT2D eigenvalue weighted by Crippen LogP contribution is -2.58. The number of nitrogens with one attached hydrogen (secondary N) is 2. The topological polar surface area (TPSA) is 142 Å². The number of aliphatic carboxylic acids is 1. The number of carbonyl (C=O) groups is 4. The summed E-state index contributed by atoms with van der Waals surface area (Å²) in [5.41, 5.74) is 6.09. The van der Waals surface area contributed by atoms with Crippen LogP contribution in [0.25, 0.3) is 0 Å². The van der Waals surface area contributed by atoms with Gasteiger partial charge in [0.05, 0.1) is 6.04 Å². The smallest absolute Gasteiger partial charge is 0.326 e. The van der Waals surface area contributed by atoms with Gasteiger partial charge in [0.25, 0.3) is 0 Å². The fourth-order valence-electron chi connectivity index (χ4n) is 3.53. The average Bonchev–Trinajstić information content (AvgIpc) is 3.22. The molecule has 0 bridgehead atoms. The van der Waals surface area contributed by atoms with E-state index in [9.17, 15) is 24.3 Å². The molecule has 0 saturated carbocycles. The summed E-state index contributed by atoms with van der Waals surface area (Å²) in [7, 11) is 0. The highest BCUT2D eigenvalue weighted by Crippen LogP contribution is 2.21. The second-order valence-electron chi connectivity index (χ2n) is 8.51. The third-order valence-electron chi connectivity index (χ3n) is 5.85. The van der Waals surface area contributed by atoms with E-state index in [0.717, 1.165) is 6.42 Å². The van der Waals surface area contributed by atoms with Crippen LogP contribution in [0.15, 0.2) is 0 Å². The van der Waals surface area contributed by atoms with Gasteiger partial charge in [-0.2, -0.15) is 11.8 Å². The third-order valence-corrected chi connectivity index (χ3v) is 6.50. The third kappa shape index (κ3) is 7.68. The largest absolute Gasteiger partial charge is 0.480 e. The number of likely N-dealkylation sites (tertiary alicyclic amines) is 1. The SMILES string of the molecule is CCC(C)C(N)C(=O)N1CCCC1C(=O)NC(C(=O)NC(CCSC)C(=O)O)C(C)C. The van der Waals surface area contributed by atoms with Gasteiger partial charge in [-0.15, -0.1) is 0 Å². The Kier molecular flexibility index (Phi) is 11.3. The molecule has 1 rings (SSSR count). The lowest BCUT2D eigenvalue weighted by atomic mass is 9.98. The van der Waals surface area contributed by atoms with Gasteiger partial charge in [0.2, 0.25) is 17.7 Å². The molecular weight excluding hydrogens is 420 g/mol. The van der Waals surface area contributed by atoms with Crippen molar-refractivity contribution in [1.29, 1.82) is 0 Å². The van der Waals surface area contributed by atoms with Gasteiger partial charge in [-0.1, -0.05) is 34.1 Å². The van der Waals surface area contributed by atoms with Gasteiger partial charge in [-0.3, -0.25) is 14.4 Å². The van der Waals surface area contributed by atoms with Crippen molar-refractivity contribution in [2.45, 2.75) is 77.5 Å². The van der Waals surface area contributed by atoms with Crippen molar-refractivity contribution in [3.63, 3.8) is 0 Å². The highest BCUT2D eigenvalue weighted by atomic mass is 32.2. The van der Waals surface area contributed by atoms with Crippen molar-refractivity contribution in [3.05, 3.63) is 0 Å². The molecule has 1 heterocycles. The van der Waals surface area contributed by atoms with E-state index in [1.165, 1.54) is 16.7 Å². The summed E-state index contributed by atoms with van der Waals surface area (Å²) < 4.78 is 0. The van der Waals surface area contributed by atoms with Crippen LogP contribution in [0, 0.1) is 11.8 Å². The minimum Gasteiger partial charge on any atom is -0.480 e. The van der Waals surface area contributed by atoms with Crippen molar-refractivity contribution in [1.82, 2.24) is 15.5 Å². The minimum absolute atomic E-state index is 0.000220. The van der Waals surface area contributed by atoms with Crippen molar-refractivity contribution in [2.24, 2.45) is 17.6 Å². The second-order valence-corrected chi connectivity index (χ2v) is 9.50. The second kappa shape index (κ2) is 12.9. The molecule has 1 aliphatic heterocycles. The maximum atomic E-state index is 13.0. The monoisotopic (exact) mass is 458 g/mol. The first-order valence-corrected chi connectivity index (χ1v) is 12.3. The molecule has 0 spiro atoms. The summed E-state index contributed by atoms with van der Waals surface area (Å²) in [6.45, 7) is 7.87. The highest BCUT2D eigenvalue weighted by molar-refractivity contribution is 7.98. The molecule has 178 valence electrons. The number of nitrogens with zero attached hydrogens (tertiary/aromatic N) is 1. The van der Waals surface area contributed by atoms with Gasteiger partial charge in [0.15, 0.2) is 0 Å². The van der Waals surface area contributed by atoms with Crippen LogP contribution in [0.1, 0.15) is 53.4 Å². The van der Waals surface area contributed by atoms with Gasteiger partial charge in [-0.25, -0.2) is 4.79 Å². The lowest BCUT2D eigenvalue weighted by molar-refractivity contribution is -0.143. The summed E-state index contributed by atoms with van der Waals surface area (Å²) in [6.07, 6.45) is 4.10. The number of thioether (sulfide) groups is 1. The van der Waals surface area contributed by atoms with Gasteiger partial charge in [0.1, 0.15) is 18.1 Å². The van der Waals surface area contributed by atoms with E-state index in [1.54, 1.807) is 13.8 Å². The maximum Gasteiger partial charge on any atom is 0.326 e. The van der Waals surface area contributed by atoms with Crippen molar-refractivity contribution >= 4 is 35.5 Å². The Morgan fingerprint density at radius 3 is 2.35 bits per heavy atom. The summed E-state index contributed by atoms with van der Waals surface area (Å²) >= 11 is 1.49. The van der Waals surface area contributed by atoms with E-state index in [4.69, 9.17) is 5.73 Å². The Labute approximate surface area is 189 Å². The van der Waals surface area contributed by atoms with Crippen LogP contribution in [0.2, 0.25) is 0 Å². The van der Waals surface area contributed by atoms with E-state index >= 15 is 0 Å². The summed E-state index contributed by atoms with van der Waals surface area (Å²) in [6, 6.07) is -3.26. The molecule has 1 saturated heterocycles. The number of amides is 3. The molecule has 5 N–H and O–H groups in total. The molecule has 31 heavy (non-hydrogen) atoms. The Hall–Kier alpha value is -1.81. The first-order valence-electron chi connectivity index (χ1n) is 10.9. The molecule has 5 unspecified atom stereocenters. The van der Waals surface area contributed by atoms with Crippen LogP contribution in [0.4, 0.5) is 0 Å². The Balaban J connectivity index is 2.87. The van der Waals surface area contributed by atoms with Crippen molar-refractivity contribution in [2.75, 3.05) is 18.6 Å². The molecule has 0 radical (unpaired) electrons. The van der Waals surface area contributed by atoms with E-state index in [2.05, 4.69) is 10.6 Å². The summed E-state index contributed by atoms with van der Waals surface area (Å²) in [4.78, 5) is 51.5. The highest BCUT2D eigenvalue weighted by Gasteiger charge is 2.39. The Morgan fingerprint density at radius 1 is 1.19 bits per heavy atom. The van der Waals surface area contributed by atoms with Gasteiger partial charge < -0.3 is 26.4 Å². The molecule has 0 aromatic heterocycles. The van der Waals surface area contributed by atoms with Crippen molar-refractivity contribution < 1.29 is 24.3 Å². The predicted octanol–water partition coefficient (Wildman–Crippen LogP) is 0.814. The molecule has 3 amide bonds. The molecule has 10 heteroatoms. The maximum absolute atomic E-state index is 13.0. The van der Waals surface area contributed by atoms with E-state index in [0.29, 0.717) is 31.6 Å². The number of carboxylic acid groups (broad SMARTS) is 1. The quantitative estimate of drug-likeness (QED) is 0.339. The number of rotatable bonds is 12. The summed E-state index contributed by atoms with van der Waals surface area (Å²) in [5.74, 6) is -1.97. The van der Waals surface area contributed by atoms with Gasteiger partial charge >= 0.3 is 5.97 Å². The van der Waals surface area contributed by atoms with E-state index in [1.807, 2.05) is 20.1 Å². The van der Waals surface area contributed by atoms with Crippen LogP contribution in [-0.4, -0.2) is 76.4 Å². The standard InChI is InChI=1S/C21H38N4O5S/c1-6-13(4)16(22)20(28)25-10-7-8-15(25)18(26)24-17(12(2)3)19(27)23-14(21(29)30)9-11-31-5/h12-17H,6-11,22H2,1-5H3,(H,23,27)(H,24,26)(H,29,30). The predicted molar refractivity (Wildman–Crippen MR) is 121 cm³/mol. The Bertz CT molecular complexity index is 645. The molecule has 0 aromatic rings. The first-order chi connectivity index (χ1) is 14.5. The molecule has 5 atom stereocenters. The number of nitrogens with two attached hydrogens (primary N) is 1. The fourth-order valence-corrected chi connectivity index (χ4v) is 4.00. The zero-order chi connectivity index (χ0) is 23.7. The van der Waals surface area contributed by atoms with E-state index < -0.39 is 42.0 Å². The number of hydrogen-bond donors (Lipinski definition) is 4. The fraction of sp³-hybridized carbons (Fsp3) is 0.810. The van der Waals surface area contributed by atoms with Crippen LogP contribution >= 0.6 is 11.8 Å². The van der Waals surface area contributed by atoms with E-state index in [-0.39, 0.29) is 17.7 Å². The van der Waals surface area contributed by atoms with Gasteiger partial charge in [-0.05, 0) is 43.1 Å². The number of carbonyl (C=O) groups excluding carboxylic acids is 3. The molecule has 1 fully saturated rings. The molecule has 1 aliphatic rings. The zero-order valence-corrected chi connectivity index (χ0v) is 20.0. The number of carboxylic acids is 1. The van der Waals surface area contributed by atoms with Crippen molar-refractivity contribution in [3.8, 4) is 0 Å². The molecular formula is C21H38N4O5S. The molecule has 9 nitrogen and oxygen atoms in total. The lowest BCUT2D eigenvalue weighted by Gasteiger charge is -2.31. The normalized spacial score (nSPS) is 20.1. The molecule has 0 aromatic carbocycles. The van der Waals surface area contributed by atoms with Gasteiger partial charge in [0, 0.05) is 6.54 Å². The molecule has 0 aliphatic carbocycles. The number of hydrogen-bond acceptors (Lipinski definition) is 6. The van der Waals surface area contributed by atoms with Crippen LogP contribution in [0.5, 0.6) is 0 Å². The van der Waals surface area contributed by atoms with Crippen LogP contribution < -0.4 is 16.4 Å². The van der Waals surface area contributed by atoms with Crippen LogP contribution in [-0.2, 0) is 19.2 Å².